The minimum absolute atomic E-state index is 0.662. The zero-order valence-corrected chi connectivity index (χ0v) is 10.7. The van der Waals surface area contributed by atoms with Crippen molar-refractivity contribution in [3.05, 3.63) is 0 Å². The van der Waals surface area contributed by atoms with Crippen molar-refractivity contribution in [1.29, 1.82) is 0 Å². The van der Waals surface area contributed by atoms with Gasteiger partial charge in [0.15, 0.2) is 0 Å². The van der Waals surface area contributed by atoms with Crippen LogP contribution in [0.2, 0.25) is 0 Å². The standard InChI is InChI=1S/C14H24O3/c1-2-11-5-3-9-14(17,10-6-11)13(12(15)16)7-4-8-13/h11,17H,2-10H2,1H3,(H,15,16). The molecule has 2 rings (SSSR count). The summed E-state index contributed by atoms with van der Waals surface area (Å²) in [5.74, 6) is -0.101. The third-order valence-electron chi connectivity index (χ3n) is 5.25. The van der Waals surface area contributed by atoms with Crippen LogP contribution in [0.5, 0.6) is 0 Å². The van der Waals surface area contributed by atoms with E-state index in [2.05, 4.69) is 6.92 Å². The van der Waals surface area contributed by atoms with Gasteiger partial charge in [0, 0.05) is 0 Å². The van der Waals surface area contributed by atoms with Crippen LogP contribution in [0.1, 0.15) is 64.7 Å². The van der Waals surface area contributed by atoms with Gasteiger partial charge in [-0.3, -0.25) is 4.79 Å². The van der Waals surface area contributed by atoms with Crippen LogP contribution in [-0.4, -0.2) is 21.8 Å². The number of aliphatic hydroxyl groups is 1. The number of hydrogen-bond acceptors (Lipinski definition) is 2. The summed E-state index contributed by atoms with van der Waals surface area (Å²) >= 11 is 0. The molecule has 2 saturated carbocycles. The fourth-order valence-corrected chi connectivity index (χ4v) is 3.69. The summed E-state index contributed by atoms with van der Waals surface area (Å²) in [7, 11) is 0. The summed E-state index contributed by atoms with van der Waals surface area (Å²) in [5.41, 5.74) is -1.77. The molecule has 0 spiro atoms. The van der Waals surface area contributed by atoms with Crippen molar-refractivity contribution < 1.29 is 15.0 Å². The molecule has 2 atom stereocenters. The zero-order valence-electron chi connectivity index (χ0n) is 10.7. The Kier molecular flexibility index (Phi) is 3.48. The van der Waals surface area contributed by atoms with Gasteiger partial charge in [-0.05, 0) is 38.0 Å². The lowest BCUT2D eigenvalue weighted by Crippen LogP contribution is -2.57. The summed E-state index contributed by atoms with van der Waals surface area (Å²) in [4.78, 5) is 11.5. The zero-order chi connectivity index (χ0) is 12.5. The summed E-state index contributed by atoms with van der Waals surface area (Å²) in [5, 5.41) is 20.3. The second-order valence-electron chi connectivity index (χ2n) is 5.98. The highest BCUT2D eigenvalue weighted by Gasteiger charge is 2.59. The molecule has 3 heteroatoms. The van der Waals surface area contributed by atoms with Crippen LogP contribution >= 0.6 is 0 Å². The lowest BCUT2D eigenvalue weighted by atomic mass is 9.56. The van der Waals surface area contributed by atoms with E-state index in [1.807, 2.05) is 0 Å². The van der Waals surface area contributed by atoms with Gasteiger partial charge < -0.3 is 10.2 Å². The maximum absolute atomic E-state index is 11.5. The molecule has 98 valence electrons. The van der Waals surface area contributed by atoms with E-state index in [9.17, 15) is 15.0 Å². The maximum atomic E-state index is 11.5. The monoisotopic (exact) mass is 240 g/mol. The largest absolute Gasteiger partial charge is 0.481 e. The van der Waals surface area contributed by atoms with E-state index < -0.39 is 17.0 Å². The second kappa shape index (κ2) is 4.60. The van der Waals surface area contributed by atoms with Crippen LogP contribution < -0.4 is 0 Å². The molecule has 0 aromatic heterocycles. The molecule has 0 bridgehead atoms. The molecule has 0 heterocycles. The number of rotatable bonds is 3. The van der Waals surface area contributed by atoms with Crippen LogP contribution in [0.3, 0.4) is 0 Å². The van der Waals surface area contributed by atoms with Crippen LogP contribution in [0.4, 0.5) is 0 Å². The Morgan fingerprint density at radius 3 is 2.35 bits per heavy atom. The highest BCUT2D eigenvalue weighted by molar-refractivity contribution is 5.77. The topological polar surface area (TPSA) is 57.5 Å². The molecule has 2 aliphatic rings. The van der Waals surface area contributed by atoms with Crippen LogP contribution in [0.25, 0.3) is 0 Å². The fourth-order valence-electron chi connectivity index (χ4n) is 3.69. The van der Waals surface area contributed by atoms with E-state index in [1.54, 1.807) is 0 Å². The minimum atomic E-state index is -0.943. The summed E-state index contributed by atoms with van der Waals surface area (Å²) in [6.45, 7) is 2.19. The van der Waals surface area contributed by atoms with Crippen molar-refractivity contribution >= 4 is 5.97 Å². The summed E-state index contributed by atoms with van der Waals surface area (Å²) < 4.78 is 0. The quantitative estimate of drug-likeness (QED) is 0.746. The van der Waals surface area contributed by atoms with Crippen molar-refractivity contribution in [2.24, 2.45) is 11.3 Å². The van der Waals surface area contributed by atoms with E-state index in [-0.39, 0.29) is 0 Å². The highest BCUT2D eigenvalue weighted by atomic mass is 16.4. The van der Waals surface area contributed by atoms with E-state index in [0.717, 1.165) is 32.1 Å². The summed E-state index contributed by atoms with van der Waals surface area (Å²) in [6.07, 6.45) is 7.89. The van der Waals surface area contributed by atoms with E-state index in [1.165, 1.54) is 0 Å². The number of aliphatic carboxylic acids is 1. The minimum Gasteiger partial charge on any atom is -0.481 e. The molecule has 3 nitrogen and oxygen atoms in total. The van der Waals surface area contributed by atoms with Gasteiger partial charge in [-0.1, -0.05) is 32.6 Å². The number of hydrogen-bond donors (Lipinski definition) is 2. The molecular formula is C14H24O3. The first-order valence-corrected chi connectivity index (χ1v) is 7.00. The molecule has 2 aliphatic carbocycles. The predicted molar refractivity (Wildman–Crippen MR) is 65.7 cm³/mol. The smallest absolute Gasteiger partial charge is 0.312 e. The molecule has 0 aliphatic heterocycles. The van der Waals surface area contributed by atoms with Crippen molar-refractivity contribution in [3.8, 4) is 0 Å². The van der Waals surface area contributed by atoms with Gasteiger partial charge in [-0.15, -0.1) is 0 Å². The average molecular weight is 240 g/mol. The molecule has 0 amide bonds. The van der Waals surface area contributed by atoms with Gasteiger partial charge in [-0.25, -0.2) is 0 Å². The van der Waals surface area contributed by atoms with Crippen molar-refractivity contribution in [1.82, 2.24) is 0 Å². The lowest BCUT2D eigenvalue weighted by molar-refractivity contribution is -0.187. The highest BCUT2D eigenvalue weighted by Crippen LogP contribution is 2.54. The van der Waals surface area contributed by atoms with E-state index in [0.29, 0.717) is 31.6 Å². The molecule has 0 radical (unpaired) electrons. The number of carbonyl (C=O) groups is 1. The Morgan fingerprint density at radius 1 is 1.18 bits per heavy atom. The molecule has 2 N–H and O–H groups in total. The Hall–Kier alpha value is -0.570. The predicted octanol–water partition coefficient (Wildman–Crippen LogP) is 2.96. The van der Waals surface area contributed by atoms with Crippen LogP contribution in [-0.2, 0) is 4.79 Å². The van der Waals surface area contributed by atoms with Gasteiger partial charge in [0.05, 0.1) is 11.0 Å². The molecule has 0 saturated heterocycles. The number of carboxylic acids is 1. The molecule has 0 aromatic carbocycles. The lowest BCUT2D eigenvalue weighted by Gasteiger charge is -2.50. The third kappa shape index (κ3) is 1.99. The maximum Gasteiger partial charge on any atom is 0.312 e. The van der Waals surface area contributed by atoms with Gasteiger partial charge in [0.2, 0.25) is 0 Å². The van der Waals surface area contributed by atoms with E-state index in [4.69, 9.17) is 0 Å². The molecule has 17 heavy (non-hydrogen) atoms. The van der Waals surface area contributed by atoms with Crippen molar-refractivity contribution in [3.63, 3.8) is 0 Å². The van der Waals surface area contributed by atoms with Gasteiger partial charge in [0.1, 0.15) is 0 Å². The van der Waals surface area contributed by atoms with Crippen LogP contribution in [0, 0.1) is 11.3 Å². The average Bonchev–Trinajstić information content (AvgIpc) is 2.38. The normalized spacial score (nSPS) is 36.9. The van der Waals surface area contributed by atoms with E-state index >= 15 is 0 Å². The Labute approximate surface area is 103 Å². The first kappa shape index (κ1) is 12.9. The molecular weight excluding hydrogens is 216 g/mol. The van der Waals surface area contributed by atoms with Crippen molar-refractivity contribution in [2.45, 2.75) is 70.3 Å². The Balaban J connectivity index is 2.15. The first-order valence-electron chi connectivity index (χ1n) is 7.00. The molecule has 0 aromatic rings. The van der Waals surface area contributed by atoms with Crippen molar-refractivity contribution in [2.75, 3.05) is 0 Å². The third-order valence-corrected chi connectivity index (χ3v) is 5.25. The molecule has 2 fully saturated rings. The summed E-state index contributed by atoms with van der Waals surface area (Å²) in [6, 6.07) is 0. The van der Waals surface area contributed by atoms with Gasteiger partial charge in [-0.2, -0.15) is 0 Å². The molecule has 2 unspecified atom stereocenters. The Morgan fingerprint density at radius 2 is 1.88 bits per heavy atom. The second-order valence-corrected chi connectivity index (χ2v) is 5.98. The number of carboxylic acid groups (broad SMARTS) is 1. The SMILES string of the molecule is CCC1CCCC(O)(C2(C(=O)O)CCC2)CC1. The Bertz CT molecular complexity index is 296. The van der Waals surface area contributed by atoms with Crippen LogP contribution in [0.15, 0.2) is 0 Å². The van der Waals surface area contributed by atoms with Gasteiger partial charge >= 0.3 is 5.97 Å². The van der Waals surface area contributed by atoms with Gasteiger partial charge in [0.25, 0.3) is 0 Å². The fraction of sp³-hybridized carbons (Fsp3) is 0.929. The first-order chi connectivity index (χ1) is 8.04.